The Balaban J connectivity index is 1.42. The van der Waals surface area contributed by atoms with Crippen LogP contribution in [0.25, 0.3) is 0 Å². The molecule has 1 saturated heterocycles. The van der Waals surface area contributed by atoms with Gasteiger partial charge in [-0.15, -0.1) is 0 Å². The lowest BCUT2D eigenvalue weighted by molar-refractivity contribution is -0.162. The number of imide groups is 1. The van der Waals surface area contributed by atoms with Gasteiger partial charge in [0.2, 0.25) is 11.8 Å². The van der Waals surface area contributed by atoms with Gasteiger partial charge in [-0.2, -0.15) is 0 Å². The summed E-state index contributed by atoms with van der Waals surface area (Å²) in [4.78, 5) is 52.4. The number of carbonyl (C=O) groups excluding carboxylic acids is 4. The molecule has 3 amide bonds. The first kappa shape index (κ1) is 22.3. The number of carbonyl (C=O) groups is 4. The number of halogens is 2. The third-order valence-corrected chi connectivity index (χ3v) is 7.47. The third-order valence-electron chi connectivity index (χ3n) is 6.66. The molecule has 3 aliphatic rings. The summed E-state index contributed by atoms with van der Waals surface area (Å²) in [6.45, 7) is 2.98. The minimum Gasteiger partial charge on any atom is -0.454 e. The predicted octanol–water partition coefficient (Wildman–Crippen LogP) is 3.64. The molecule has 7 nitrogen and oxygen atoms in total. The molecule has 1 aliphatic heterocycles. The molecule has 1 aromatic rings. The second-order valence-electron chi connectivity index (χ2n) is 8.90. The quantitative estimate of drug-likeness (QED) is 0.465. The van der Waals surface area contributed by atoms with E-state index in [1.807, 2.05) is 0 Å². The smallest absolute Gasteiger partial charge is 0.330 e. The highest BCUT2D eigenvalue weighted by Crippen LogP contribution is 2.56. The molecule has 166 valence electrons. The van der Waals surface area contributed by atoms with Gasteiger partial charge in [0.25, 0.3) is 5.91 Å². The van der Waals surface area contributed by atoms with Crippen molar-refractivity contribution >= 4 is 56.9 Å². The summed E-state index contributed by atoms with van der Waals surface area (Å²) in [5, 5.41) is 2.92. The van der Waals surface area contributed by atoms with Crippen LogP contribution in [0.5, 0.6) is 0 Å². The van der Waals surface area contributed by atoms with E-state index in [2.05, 4.69) is 21.2 Å². The number of hydrogen-bond acceptors (Lipinski definition) is 5. The molecule has 4 rings (SSSR count). The van der Waals surface area contributed by atoms with Crippen molar-refractivity contribution in [1.82, 2.24) is 4.90 Å². The molecule has 2 saturated carbocycles. The second-order valence-corrected chi connectivity index (χ2v) is 10.2. The first-order valence-corrected chi connectivity index (χ1v) is 11.6. The van der Waals surface area contributed by atoms with Gasteiger partial charge in [-0.25, -0.2) is 4.79 Å². The Morgan fingerprint density at radius 3 is 2.35 bits per heavy atom. The number of rotatable bonds is 6. The van der Waals surface area contributed by atoms with Gasteiger partial charge in [-0.05, 0) is 55.2 Å². The highest BCUT2D eigenvalue weighted by Gasteiger charge is 2.62. The lowest BCUT2D eigenvalue weighted by Crippen LogP contribution is -2.50. The first-order chi connectivity index (χ1) is 14.7. The zero-order valence-corrected chi connectivity index (χ0v) is 19.6. The molecule has 1 N–H and O–H groups in total. The van der Waals surface area contributed by atoms with Crippen LogP contribution < -0.4 is 5.32 Å². The van der Waals surface area contributed by atoms with Gasteiger partial charge in [0, 0.05) is 4.47 Å². The number of anilines is 1. The Bertz CT molecular complexity index is 924. The molecule has 9 heteroatoms. The molecule has 0 aromatic heterocycles. The zero-order chi connectivity index (χ0) is 22.4. The highest BCUT2D eigenvalue weighted by atomic mass is 79.9. The van der Waals surface area contributed by atoms with Crippen molar-refractivity contribution in [2.45, 2.75) is 39.2 Å². The SMILES string of the molecule is CC(C)[C@H](C(=O)OCC(=O)Nc1ccc(Br)cc1Cl)N1C(=O)[C@@H]2[C@H]3CC[C@@H](C3)[C@@H]2C1=O. The molecule has 0 radical (unpaired) electrons. The van der Waals surface area contributed by atoms with Crippen LogP contribution >= 0.6 is 27.5 Å². The number of amides is 3. The van der Waals surface area contributed by atoms with Gasteiger partial charge in [0.05, 0.1) is 22.5 Å². The van der Waals surface area contributed by atoms with Crippen molar-refractivity contribution < 1.29 is 23.9 Å². The molecular formula is C22H24BrClN2O5. The van der Waals surface area contributed by atoms with Gasteiger partial charge in [0.1, 0.15) is 6.04 Å². The molecule has 3 fully saturated rings. The molecular weight excluding hydrogens is 488 g/mol. The summed E-state index contributed by atoms with van der Waals surface area (Å²) in [6.07, 6.45) is 2.86. The summed E-state index contributed by atoms with van der Waals surface area (Å²) in [6, 6.07) is 3.94. The zero-order valence-electron chi connectivity index (χ0n) is 17.3. The predicted molar refractivity (Wildman–Crippen MR) is 117 cm³/mol. The van der Waals surface area contributed by atoms with Crippen molar-refractivity contribution in [3.05, 3.63) is 27.7 Å². The van der Waals surface area contributed by atoms with Crippen molar-refractivity contribution in [2.75, 3.05) is 11.9 Å². The minimum absolute atomic E-state index is 0.238. The number of hydrogen-bond donors (Lipinski definition) is 1. The van der Waals surface area contributed by atoms with E-state index < -0.39 is 24.5 Å². The van der Waals surface area contributed by atoms with E-state index in [0.29, 0.717) is 10.7 Å². The van der Waals surface area contributed by atoms with Crippen LogP contribution in [0.4, 0.5) is 5.69 Å². The average molecular weight is 512 g/mol. The van der Waals surface area contributed by atoms with Gasteiger partial charge in [-0.3, -0.25) is 19.3 Å². The fraction of sp³-hybridized carbons (Fsp3) is 0.545. The van der Waals surface area contributed by atoms with Gasteiger partial charge < -0.3 is 10.1 Å². The van der Waals surface area contributed by atoms with E-state index in [-0.39, 0.29) is 41.4 Å². The molecule has 5 atom stereocenters. The Hall–Kier alpha value is -1.93. The largest absolute Gasteiger partial charge is 0.454 e. The van der Waals surface area contributed by atoms with Crippen LogP contribution in [0, 0.1) is 29.6 Å². The van der Waals surface area contributed by atoms with E-state index in [0.717, 1.165) is 28.6 Å². The number of fused-ring (bicyclic) bond motifs is 5. The summed E-state index contributed by atoms with van der Waals surface area (Å²) in [5.74, 6) is -2.29. The molecule has 1 heterocycles. The molecule has 1 aromatic carbocycles. The Morgan fingerprint density at radius 2 is 1.81 bits per heavy atom. The molecule has 31 heavy (non-hydrogen) atoms. The normalized spacial score (nSPS) is 27.6. The third kappa shape index (κ3) is 4.00. The fourth-order valence-corrected chi connectivity index (χ4v) is 6.10. The fourth-order valence-electron chi connectivity index (χ4n) is 5.38. The van der Waals surface area contributed by atoms with Crippen LogP contribution in [-0.2, 0) is 23.9 Å². The van der Waals surface area contributed by atoms with Crippen LogP contribution in [0.2, 0.25) is 5.02 Å². The Kier molecular flexibility index (Phi) is 6.14. The standard InChI is InChI=1S/C22H24BrClN2O5/c1-10(2)19(26-20(28)17-11-3-4-12(7-11)18(17)21(26)29)22(30)31-9-16(27)25-15-6-5-13(23)8-14(15)24/h5-6,8,10-12,17-19H,3-4,7,9H2,1-2H3,(H,25,27)/t11-,12-,17-,18+,19+/m0/s1. The molecule has 2 bridgehead atoms. The van der Waals surface area contributed by atoms with E-state index >= 15 is 0 Å². The maximum Gasteiger partial charge on any atom is 0.330 e. The number of nitrogens with zero attached hydrogens (tertiary/aromatic N) is 1. The maximum atomic E-state index is 13.1. The Morgan fingerprint density at radius 1 is 1.19 bits per heavy atom. The summed E-state index contributed by atoms with van der Waals surface area (Å²) in [7, 11) is 0. The van der Waals surface area contributed by atoms with Crippen molar-refractivity contribution in [1.29, 1.82) is 0 Å². The molecule has 2 aliphatic carbocycles. The van der Waals surface area contributed by atoms with Gasteiger partial charge >= 0.3 is 5.97 Å². The van der Waals surface area contributed by atoms with Crippen LogP contribution in [0.3, 0.4) is 0 Å². The van der Waals surface area contributed by atoms with Crippen molar-refractivity contribution in [3.63, 3.8) is 0 Å². The number of ether oxygens (including phenoxy) is 1. The van der Waals surface area contributed by atoms with Crippen LogP contribution in [0.1, 0.15) is 33.1 Å². The monoisotopic (exact) mass is 510 g/mol. The van der Waals surface area contributed by atoms with Gasteiger partial charge in [-0.1, -0.05) is 41.4 Å². The minimum atomic E-state index is -1.03. The lowest BCUT2D eigenvalue weighted by Gasteiger charge is -2.28. The second kappa shape index (κ2) is 8.54. The summed E-state index contributed by atoms with van der Waals surface area (Å²) in [5.41, 5.74) is 0.388. The summed E-state index contributed by atoms with van der Waals surface area (Å²) < 4.78 is 5.98. The van der Waals surface area contributed by atoms with E-state index in [9.17, 15) is 19.2 Å². The number of benzene rings is 1. The molecule has 0 unspecified atom stereocenters. The molecule has 0 spiro atoms. The first-order valence-electron chi connectivity index (χ1n) is 10.5. The van der Waals surface area contributed by atoms with Crippen LogP contribution in [0.15, 0.2) is 22.7 Å². The number of esters is 1. The van der Waals surface area contributed by atoms with Gasteiger partial charge in [0.15, 0.2) is 6.61 Å². The maximum absolute atomic E-state index is 13.1. The Labute approximate surface area is 193 Å². The van der Waals surface area contributed by atoms with Crippen molar-refractivity contribution in [2.24, 2.45) is 29.6 Å². The van der Waals surface area contributed by atoms with Crippen molar-refractivity contribution in [3.8, 4) is 0 Å². The van der Waals surface area contributed by atoms with E-state index in [4.69, 9.17) is 16.3 Å². The number of likely N-dealkylation sites (tertiary alicyclic amines) is 1. The summed E-state index contributed by atoms with van der Waals surface area (Å²) >= 11 is 9.37. The highest BCUT2D eigenvalue weighted by molar-refractivity contribution is 9.10. The number of nitrogens with one attached hydrogen (secondary N) is 1. The lowest BCUT2D eigenvalue weighted by atomic mass is 9.81. The average Bonchev–Trinajstić information content (AvgIpc) is 3.38. The van der Waals surface area contributed by atoms with Crippen LogP contribution in [-0.4, -0.2) is 41.2 Å². The van der Waals surface area contributed by atoms with E-state index in [1.165, 1.54) is 0 Å². The topological polar surface area (TPSA) is 92.8 Å². The van der Waals surface area contributed by atoms with E-state index in [1.54, 1.807) is 32.0 Å².